The van der Waals surface area contributed by atoms with Crippen molar-refractivity contribution in [2.24, 2.45) is 5.92 Å². The van der Waals surface area contributed by atoms with Crippen LogP contribution < -0.4 is 5.32 Å². The van der Waals surface area contributed by atoms with Gasteiger partial charge in [-0.25, -0.2) is 0 Å². The number of carbonyl (C=O) groups is 1. The monoisotopic (exact) mass is 269 g/mol. The summed E-state index contributed by atoms with van der Waals surface area (Å²) in [7, 11) is 0. The van der Waals surface area contributed by atoms with Crippen LogP contribution in [-0.2, 0) is 4.79 Å². The first-order valence-electron chi connectivity index (χ1n) is 6.75. The second-order valence-corrected chi connectivity index (χ2v) is 4.93. The molecule has 0 spiro atoms. The quantitative estimate of drug-likeness (QED) is 0.820. The average Bonchev–Trinajstić information content (AvgIpc) is 2.50. The molecule has 1 unspecified atom stereocenters. The molecule has 0 saturated heterocycles. The molecule has 20 heavy (non-hydrogen) atoms. The van der Waals surface area contributed by atoms with Gasteiger partial charge in [-0.3, -0.25) is 4.79 Å². The van der Waals surface area contributed by atoms with Crippen molar-refractivity contribution in [1.82, 2.24) is 5.32 Å². The summed E-state index contributed by atoms with van der Waals surface area (Å²) in [5.41, 5.74) is 1.02. The maximum absolute atomic E-state index is 11.7. The zero-order valence-electron chi connectivity index (χ0n) is 11.5. The van der Waals surface area contributed by atoms with Crippen molar-refractivity contribution in [1.29, 1.82) is 0 Å². The Morgan fingerprint density at radius 1 is 1.25 bits per heavy atom. The van der Waals surface area contributed by atoms with Crippen molar-refractivity contribution in [2.45, 2.75) is 6.92 Å². The molecular weight excluding hydrogens is 250 g/mol. The SMILES string of the molecule is CC(CO)CNC(=O)/C=C/c1cccc2ccccc12. The van der Waals surface area contributed by atoms with Crippen LogP contribution in [0.25, 0.3) is 16.8 Å². The third-order valence-corrected chi connectivity index (χ3v) is 3.17. The Morgan fingerprint density at radius 3 is 2.80 bits per heavy atom. The number of amides is 1. The van der Waals surface area contributed by atoms with E-state index in [2.05, 4.69) is 17.4 Å². The second-order valence-electron chi connectivity index (χ2n) is 4.93. The van der Waals surface area contributed by atoms with Crippen molar-refractivity contribution in [3.63, 3.8) is 0 Å². The Balaban J connectivity index is 2.08. The zero-order chi connectivity index (χ0) is 14.4. The first-order valence-corrected chi connectivity index (χ1v) is 6.75. The van der Waals surface area contributed by atoms with Crippen LogP contribution in [0.3, 0.4) is 0 Å². The molecule has 0 bridgehead atoms. The van der Waals surface area contributed by atoms with Gasteiger partial charge in [-0.05, 0) is 28.3 Å². The van der Waals surface area contributed by atoms with E-state index < -0.39 is 0 Å². The summed E-state index contributed by atoms with van der Waals surface area (Å²) in [6.07, 6.45) is 3.35. The highest BCUT2D eigenvalue weighted by Crippen LogP contribution is 2.19. The summed E-state index contributed by atoms with van der Waals surface area (Å²) in [5.74, 6) is -0.0665. The van der Waals surface area contributed by atoms with E-state index in [-0.39, 0.29) is 18.4 Å². The van der Waals surface area contributed by atoms with Crippen molar-refractivity contribution in [3.8, 4) is 0 Å². The number of hydrogen-bond donors (Lipinski definition) is 2. The third kappa shape index (κ3) is 3.68. The molecule has 2 aromatic rings. The van der Waals surface area contributed by atoms with Gasteiger partial charge in [-0.15, -0.1) is 0 Å². The minimum Gasteiger partial charge on any atom is -0.396 e. The zero-order valence-corrected chi connectivity index (χ0v) is 11.5. The fourth-order valence-corrected chi connectivity index (χ4v) is 1.96. The number of aliphatic hydroxyl groups excluding tert-OH is 1. The Bertz CT molecular complexity index is 614. The van der Waals surface area contributed by atoms with Crippen molar-refractivity contribution >= 4 is 22.8 Å². The van der Waals surface area contributed by atoms with Crippen LogP contribution in [0.2, 0.25) is 0 Å². The molecule has 1 atom stereocenters. The van der Waals surface area contributed by atoms with Crippen LogP contribution in [0.1, 0.15) is 12.5 Å². The second kappa shape index (κ2) is 6.87. The molecule has 0 heterocycles. The lowest BCUT2D eigenvalue weighted by Crippen LogP contribution is -2.27. The molecule has 2 aromatic carbocycles. The van der Waals surface area contributed by atoms with Crippen LogP contribution in [0.4, 0.5) is 0 Å². The summed E-state index contributed by atoms with van der Waals surface area (Å²) >= 11 is 0. The molecule has 104 valence electrons. The summed E-state index contributed by atoms with van der Waals surface area (Å²) in [4.78, 5) is 11.7. The van der Waals surface area contributed by atoms with Crippen LogP contribution in [0, 0.1) is 5.92 Å². The van der Waals surface area contributed by atoms with E-state index in [0.29, 0.717) is 6.54 Å². The number of aliphatic hydroxyl groups is 1. The summed E-state index contributed by atoms with van der Waals surface area (Å²) in [5, 5.41) is 14.0. The van der Waals surface area contributed by atoms with E-state index in [1.807, 2.05) is 43.3 Å². The van der Waals surface area contributed by atoms with Gasteiger partial charge in [0, 0.05) is 19.2 Å². The number of fused-ring (bicyclic) bond motifs is 1. The normalized spacial score (nSPS) is 12.7. The summed E-state index contributed by atoms with van der Waals surface area (Å²) in [6, 6.07) is 14.1. The minimum atomic E-state index is -0.141. The summed E-state index contributed by atoms with van der Waals surface area (Å²) < 4.78 is 0. The Labute approximate surface area is 118 Å². The molecular formula is C17H19NO2. The van der Waals surface area contributed by atoms with Crippen LogP contribution >= 0.6 is 0 Å². The Hall–Kier alpha value is -2.13. The molecule has 2 N–H and O–H groups in total. The van der Waals surface area contributed by atoms with E-state index in [0.717, 1.165) is 16.3 Å². The summed E-state index contributed by atoms with van der Waals surface area (Å²) in [6.45, 7) is 2.44. The molecule has 0 aliphatic carbocycles. The molecule has 0 radical (unpaired) electrons. The Kier molecular flexibility index (Phi) is 4.91. The largest absolute Gasteiger partial charge is 0.396 e. The van der Waals surface area contributed by atoms with Gasteiger partial charge >= 0.3 is 0 Å². The lowest BCUT2D eigenvalue weighted by molar-refractivity contribution is -0.116. The minimum absolute atomic E-state index is 0.0740. The lowest BCUT2D eigenvalue weighted by Gasteiger charge is -2.07. The number of benzene rings is 2. The van der Waals surface area contributed by atoms with E-state index in [1.54, 1.807) is 0 Å². The maximum Gasteiger partial charge on any atom is 0.244 e. The molecule has 3 heteroatoms. The standard InChI is InChI=1S/C17H19NO2/c1-13(12-19)11-18-17(20)10-9-15-7-4-6-14-5-2-3-8-16(14)15/h2-10,13,19H,11-12H2,1H3,(H,18,20)/b10-9+. The van der Waals surface area contributed by atoms with E-state index >= 15 is 0 Å². The topological polar surface area (TPSA) is 49.3 Å². The smallest absolute Gasteiger partial charge is 0.244 e. The van der Waals surface area contributed by atoms with Crippen LogP contribution in [0.15, 0.2) is 48.5 Å². The Morgan fingerprint density at radius 2 is 2.00 bits per heavy atom. The van der Waals surface area contributed by atoms with Gasteiger partial charge in [0.15, 0.2) is 0 Å². The van der Waals surface area contributed by atoms with E-state index in [1.165, 1.54) is 6.08 Å². The number of rotatable bonds is 5. The van der Waals surface area contributed by atoms with Gasteiger partial charge in [0.25, 0.3) is 0 Å². The lowest BCUT2D eigenvalue weighted by atomic mass is 10.0. The van der Waals surface area contributed by atoms with Crippen molar-refractivity contribution in [2.75, 3.05) is 13.2 Å². The van der Waals surface area contributed by atoms with Gasteiger partial charge < -0.3 is 10.4 Å². The molecule has 0 saturated carbocycles. The van der Waals surface area contributed by atoms with Gasteiger partial charge in [-0.1, -0.05) is 49.4 Å². The molecule has 0 aliphatic rings. The number of nitrogens with one attached hydrogen (secondary N) is 1. The molecule has 0 fully saturated rings. The van der Waals surface area contributed by atoms with Crippen molar-refractivity contribution < 1.29 is 9.90 Å². The average molecular weight is 269 g/mol. The molecule has 3 nitrogen and oxygen atoms in total. The highest BCUT2D eigenvalue weighted by atomic mass is 16.3. The third-order valence-electron chi connectivity index (χ3n) is 3.17. The first-order chi connectivity index (χ1) is 9.70. The fourth-order valence-electron chi connectivity index (χ4n) is 1.96. The first kappa shape index (κ1) is 14.3. The van der Waals surface area contributed by atoms with Gasteiger partial charge in [0.2, 0.25) is 5.91 Å². The highest BCUT2D eigenvalue weighted by molar-refractivity contribution is 5.96. The predicted molar refractivity (Wildman–Crippen MR) is 82.2 cm³/mol. The molecule has 0 aromatic heterocycles. The molecule has 2 rings (SSSR count). The van der Waals surface area contributed by atoms with Crippen LogP contribution in [0.5, 0.6) is 0 Å². The van der Waals surface area contributed by atoms with Gasteiger partial charge in [-0.2, -0.15) is 0 Å². The van der Waals surface area contributed by atoms with Crippen molar-refractivity contribution in [3.05, 3.63) is 54.1 Å². The molecule has 1 amide bonds. The highest BCUT2D eigenvalue weighted by Gasteiger charge is 2.02. The van der Waals surface area contributed by atoms with Crippen LogP contribution in [-0.4, -0.2) is 24.2 Å². The van der Waals surface area contributed by atoms with Gasteiger partial charge in [0.05, 0.1) is 0 Å². The number of carbonyl (C=O) groups excluding carboxylic acids is 1. The predicted octanol–water partition coefficient (Wildman–Crippen LogP) is 2.60. The maximum atomic E-state index is 11.7. The van der Waals surface area contributed by atoms with E-state index in [4.69, 9.17) is 5.11 Å². The van der Waals surface area contributed by atoms with Gasteiger partial charge in [0.1, 0.15) is 0 Å². The fraction of sp³-hybridized carbons (Fsp3) is 0.235. The van der Waals surface area contributed by atoms with E-state index in [9.17, 15) is 4.79 Å². The number of hydrogen-bond acceptors (Lipinski definition) is 2. The molecule has 0 aliphatic heterocycles.